The Bertz CT molecular complexity index is 688. The van der Waals surface area contributed by atoms with E-state index >= 15 is 0 Å². The van der Waals surface area contributed by atoms with Gasteiger partial charge in [-0.15, -0.1) is 0 Å². The summed E-state index contributed by atoms with van der Waals surface area (Å²) in [5, 5.41) is 0. The van der Waals surface area contributed by atoms with Crippen molar-refractivity contribution in [3.05, 3.63) is 69.7 Å². The SMILES string of the molecule is CC(=O)N1Cc2ccccc2C=C1c1ccc(Br)cc1. The Balaban J connectivity index is 2.12. The highest BCUT2D eigenvalue weighted by atomic mass is 79.9. The number of hydrogen-bond acceptors (Lipinski definition) is 1. The van der Waals surface area contributed by atoms with Gasteiger partial charge in [-0.2, -0.15) is 0 Å². The third-order valence-electron chi connectivity index (χ3n) is 3.49. The number of fused-ring (bicyclic) bond motifs is 1. The van der Waals surface area contributed by atoms with Gasteiger partial charge in [0.2, 0.25) is 5.91 Å². The molecule has 1 heterocycles. The summed E-state index contributed by atoms with van der Waals surface area (Å²) in [6.07, 6.45) is 2.09. The van der Waals surface area contributed by atoms with Crippen molar-refractivity contribution in [1.29, 1.82) is 0 Å². The molecule has 0 aliphatic carbocycles. The summed E-state index contributed by atoms with van der Waals surface area (Å²) in [6, 6.07) is 16.2. The van der Waals surface area contributed by atoms with Crippen LogP contribution in [0, 0.1) is 0 Å². The molecule has 0 atom stereocenters. The van der Waals surface area contributed by atoms with Gasteiger partial charge in [-0.05, 0) is 34.9 Å². The fourth-order valence-corrected chi connectivity index (χ4v) is 2.70. The molecule has 2 nitrogen and oxygen atoms in total. The third kappa shape index (κ3) is 2.41. The number of carbonyl (C=O) groups excluding carboxylic acids is 1. The Labute approximate surface area is 126 Å². The van der Waals surface area contributed by atoms with Crippen molar-refractivity contribution in [3.63, 3.8) is 0 Å². The molecule has 100 valence electrons. The van der Waals surface area contributed by atoms with Crippen molar-refractivity contribution in [1.82, 2.24) is 4.90 Å². The molecule has 0 aromatic heterocycles. The molecule has 0 N–H and O–H groups in total. The molecule has 3 heteroatoms. The average molecular weight is 328 g/mol. The number of amides is 1. The molecule has 0 saturated heterocycles. The smallest absolute Gasteiger partial charge is 0.224 e. The summed E-state index contributed by atoms with van der Waals surface area (Å²) in [4.78, 5) is 13.8. The molecule has 1 aliphatic rings. The zero-order valence-corrected chi connectivity index (χ0v) is 12.7. The first-order valence-corrected chi connectivity index (χ1v) is 7.28. The van der Waals surface area contributed by atoms with Gasteiger partial charge >= 0.3 is 0 Å². The predicted molar refractivity (Wildman–Crippen MR) is 84.7 cm³/mol. The van der Waals surface area contributed by atoms with E-state index in [0.29, 0.717) is 6.54 Å². The molecule has 2 aromatic carbocycles. The van der Waals surface area contributed by atoms with Gasteiger partial charge in [0, 0.05) is 11.4 Å². The van der Waals surface area contributed by atoms with Gasteiger partial charge in [0.15, 0.2) is 0 Å². The van der Waals surface area contributed by atoms with Gasteiger partial charge in [0.1, 0.15) is 0 Å². The van der Waals surface area contributed by atoms with Gasteiger partial charge in [-0.25, -0.2) is 0 Å². The molecule has 0 fully saturated rings. The molecular weight excluding hydrogens is 314 g/mol. The zero-order chi connectivity index (χ0) is 14.1. The first-order chi connectivity index (χ1) is 9.65. The maximum atomic E-state index is 11.9. The molecule has 0 bridgehead atoms. The standard InChI is InChI=1S/C17H14BrNO/c1-12(20)19-11-15-5-3-2-4-14(15)10-17(19)13-6-8-16(18)9-7-13/h2-10H,11H2,1H3. The molecule has 0 radical (unpaired) electrons. The second-order valence-electron chi connectivity index (χ2n) is 4.84. The minimum atomic E-state index is 0.0636. The molecule has 20 heavy (non-hydrogen) atoms. The normalized spacial score (nSPS) is 13.7. The topological polar surface area (TPSA) is 20.3 Å². The monoisotopic (exact) mass is 327 g/mol. The van der Waals surface area contributed by atoms with E-state index < -0.39 is 0 Å². The molecule has 3 rings (SSSR count). The van der Waals surface area contributed by atoms with E-state index in [9.17, 15) is 4.79 Å². The van der Waals surface area contributed by atoms with Crippen LogP contribution in [0.2, 0.25) is 0 Å². The largest absolute Gasteiger partial charge is 0.308 e. The van der Waals surface area contributed by atoms with Crippen molar-refractivity contribution in [3.8, 4) is 0 Å². The lowest BCUT2D eigenvalue weighted by atomic mass is 9.98. The van der Waals surface area contributed by atoms with E-state index in [0.717, 1.165) is 15.7 Å². The fraction of sp³-hybridized carbons (Fsp3) is 0.118. The van der Waals surface area contributed by atoms with Crippen molar-refractivity contribution in [2.45, 2.75) is 13.5 Å². The van der Waals surface area contributed by atoms with Crippen LogP contribution in [-0.4, -0.2) is 10.8 Å². The number of carbonyl (C=O) groups is 1. The number of halogens is 1. The van der Waals surface area contributed by atoms with Gasteiger partial charge in [0.25, 0.3) is 0 Å². The lowest BCUT2D eigenvalue weighted by Gasteiger charge is -2.29. The summed E-state index contributed by atoms with van der Waals surface area (Å²) >= 11 is 3.44. The maximum absolute atomic E-state index is 11.9. The van der Waals surface area contributed by atoms with Crippen LogP contribution < -0.4 is 0 Å². The first kappa shape index (κ1) is 13.1. The second-order valence-corrected chi connectivity index (χ2v) is 5.76. The van der Waals surface area contributed by atoms with Crippen molar-refractivity contribution < 1.29 is 4.79 Å². The average Bonchev–Trinajstić information content (AvgIpc) is 2.46. The van der Waals surface area contributed by atoms with Gasteiger partial charge in [-0.3, -0.25) is 4.79 Å². The summed E-state index contributed by atoms with van der Waals surface area (Å²) < 4.78 is 1.03. The molecule has 0 unspecified atom stereocenters. The van der Waals surface area contributed by atoms with E-state index in [-0.39, 0.29) is 5.91 Å². The predicted octanol–water partition coefficient (Wildman–Crippen LogP) is 4.31. The first-order valence-electron chi connectivity index (χ1n) is 6.49. The van der Waals surface area contributed by atoms with Crippen LogP contribution in [0.3, 0.4) is 0 Å². The Morgan fingerprint density at radius 2 is 1.80 bits per heavy atom. The molecule has 2 aromatic rings. The summed E-state index contributed by atoms with van der Waals surface area (Å²) in [6.45, 7) is 2.24. The Morgan fingerprint density at radius 1 is 1.10 bits per heavy atom. The molecule has 0 saturated carbocycles. The fourth-order valence-electron chi connectivity index (χ4n) is 2.44. The molecule has 0 spiro atoms. The lowest BCUT2D eigenvalue weighted by molar-refractivity contribution is -0.126. The van der Waals surface area contributed by atoms with Crippen LogP contribution in [0.25, 0.3) is 11.8 Å². The van der Waals surface area contributed by atoms with Crippen LogP contribution in [0.1, 0.15) is 23.6 Å². The minimum absolute atomic E-state index is 0.0636. The Morgan fingerprint density at radius 3 is 2.50 bits per heavy atom. The van der Waals surface area contributed by atoms with E-state index in [1.54, 1.807) is 6.92 Å². The molecular formula is C17H14BrNO. The number of hydrogen-bond donors (Lipinski definition) is 0. The second kappa shape index (κ2) is 5.25. The Hall–Kier alpha value is -1.87. The Kier molecular flexibility index (Phi) is 3.45. The van der Waals surface area contributed by atoms with Crippen molar-refractivity contribution in [2.24, 2.45) is 0 Å². The summed E-state index contributed by atoms with van der Waals surface area (Å²) in [7, 11) is 0. The van der Waals surface area contributed by atoms with Crippen LogP contribution in [0.4, 0.5) is 0 Å². The highest BCUT2D eigenvalue weighted by Gasteiger charge is 2.21. The number of nitrogens with zero attached hydrogens (tertiary/aromatic N) is 1. The van der Waals surface area contributed by atoms with E-state index in [1.807, 2.05) is 41.3 Å². The quantitative estimate of drug-likeness (QED) is 0.764. The number of rotatable bonds is 1. The van der Waals surface area contributed by atoms with Crippen LogP contribution in [-0.2, 0) is 11.3 Å². The van der Waals surface area contributed by atoms with Gasteiger partial charge in [0.05, 0.1) is 12.2 Å². The van der Waals surface area contributed by atoms with Crippen LogP contribution in [0.5, 0.6) is 0 Å². The highest BCUT2D eigenvalue weighted by molar-refractivity contribution is 9.10. The number of benzene rings is 2. The summed E-state index contributed by atoms with van der Waals surface area (Å²) in [5.74, 6) is 0.0636. The zero-order valence-electron chi connectivity index (χ0n) is 11.1. The van der Waals surface area contributed by atoms with E-state index in [1.165, 1.54) is 11.1 Å². The van der Waals surface area contributed by atoms with Gasteiger partial charge in [-0.1, -0.05) is 52.3 Å². The van der Waals surface area contributed by atoms with Crippen molar-refractivity contribution in [2.75, 3.05) is 0 Å². The minimum Gasteiger partial charge on any atom is -0.308 e. The van der Waals surface area contributed by atoms with Gasteiger partial charge < -0.3 is 4.90 Å². The maximum Gasteiger partial charge on any atom is 0.224 e. The van der Waals surface area contributed by atoms with E-state index in [4.69, 9.17) is 0 Å². The van der Waals surface area contributed by atoms with Crippen molar-refractivity contribution >= 4 is 33.6 Å². The summed E-state index contributed by atoms with van der Waals surface area (Å²) in [5.41, 5.74) is 4.38. The van der Waals surface area contributed by atoms with E-state index in [2.05, 4.69) is 34.1 Å². The van der Waals surface area contributed by atoms with Crippen LogP contribution in [0.15, 0.2) is 53.0 Å². The van der Waals surface area contributed by atoms with Crippen LogP contribution >= 0.6 is 15.9 Å². The highest BCUT2D eigenvalue weighted by Crippen LogP contribution is 2.31. The molecule has 1 aliphatic heterocycles. The lowest BCUT2D eigenvalue weighted by Crippen LogP contribution is -2.29. The third-order valence-corrected chi connectivity index (χ3v) is 4.02. The molecule has 1 amide bonds.